The number of nitrogens with zero attached hydrogens (tertiary/aromatic N) is 2. The summed E-state index contributed by atoms with van der Waals surface area (Å²) in [5.41, 5.74) is 4.49. The fourth-order valence-electron chi connectivity index (χ4n) is 2.49. The quantitative estimate of drug-likeness (QED) is 0.807. The SMILES string of the molecule is NC(=O)N1CCCN(C(=O)/C=C/c2ccc(Cl)c(C(F)(F)F)c2)CC1. The molecule has 0 unspecified atom stereocenters. The van der Waals surface area contributed by atoms with Crippen LogP contribution in [0.4, 0.5) is 18.0 Å². The van der Waals surface area contributed by atoms with E-state index in [2.05, 4.69) is 0 Å². The Labute approximate surface area is 147 Å². The molecule has 1 heterocycles. The van der Waals surface area contributed by atoms with Crippen molar-refractivity contribution >= 4 is 29.6 Å². The number of carbonyl (C=O) groups is 2. The summed E-state index contributed by atoms with van der Waals surface area (Å²) >= 11 is 5.56. The summed E-state index contributed by atoms with van der Waals surface area (Å²) in [4.78, 5) is 26.3. The molecule has 9 heteroatoms. The van der Waals surface area contributed by atoms with Gasteiger partial charge >= 0.3 is 12.2 Å². The summed E-state index contributed by atoms with van der Waals surface area (Å²) in [6, 6.07) is 2.90. The topological polar surface area (TPSA) is 66.6 Å². The zero-order chi connectivity index (χ0) is 18.6. The maximum absolute atomic E-state index is 12.8. The highest BCUT2D eigenvalue weighted by Gasteiger charge is 2.33. The van der Waals surface area contributed by atoms with Crippen LogP contribution in [-0.4, -0.2) is 47.9 Å². The van der Waals surface area contributed by atoms with Crippen LogP contribution >= 0.6 is 11.6 Å². The zero-order valence-corrected chi connectivity index (χ0v) is 14.0. The van der Waals surface area contributed by atoms with Gasteiger partial charge in [0, 0.05) is 32.3 Å². The standard InChI is InChI=1S/C16H17ClF3N3O2/c17-13-4-2-11(10-12(13)16(18,19)20)3-5-14(24)22-6-1-7-23(9-8-22)15(21)25/h2-5,10H,1,6-9H2,(H2,21,25)/b5-3+. The molecule has 1 aliphatic rings. The van der Waals surface area contributed by atoms with E-state index >= 15 is 0 Å². The van der Waals surface area contributed by atoms with Gasteiger partial charge in [-0.05, 0) is 30.2 Å². The van der Waals surface area contributed by atoms with Gasteiger partial charge in [0.15, 0.2) is 0 Å². The minimum atomic E-state index is -4.56. The van der Waals surface area contributed by atoms with E-state index in [1.807, 2.05) is 0 Å². The van der Waals surface area contributed by atoms with E-state index in [0.29, 0.717) is 32.6 Å². The zero-order valence-electron chi connectivity index (χ0n) is 13.2. The summed E-state index contributed by atoms with van der Waals surface area (Å²) in [5.74, 6) is -0.338. The number of hydrogen-bond acceptors (Lipinski definition) is 2. The molecule has 0 aromatic heterocycles. The Hall–Kier alpha value is -2.22. The first-order valence-corrected chi connectivity index (χ1v) is 7.94. The second-order valence-electron chi connectivity index (χ2n) is 5.57. The molecule has 1 aromatic carbocycles. The molecule has 1 aromatic rings. The molecule has 136 valence electrons. The number of nitrogens with two attached hydrogens (primary N) is 1. The number of rotatable bonds is 2. The van der Waals surface area contributed by atoms with Crippen LogP contribution in [0.25, 0.3) is 6.08 Å². The van der Waals surface area contributed by atoms with Crippen molar-refractivity contribution in [2.45, 2.75) is 12.6 Å². The van der Waals surface area contributed by atoms with Gasteiger partial charge in [0.05, 0.1) is 10.6 Å². The molecule has 5 nitrogen and oxygen atoms in total. The summed E-state index contributed by atoms with van der Waals surface area (Å²) < 4.78 is 38.5. The predicted molar refractivity (Wildman–Crippen MR) is 87.8 cm³/mol. The molecule has 0 radical (unpaired) electrons. The van der Waals surface area contributed by atoms with Crippen molar-refractivity contribution in [3.63, 3.8) is 0 Å². The first-order valence-electron chi connectivity index (χ1n) is 7.56. The molecule has 1 aliphatic heterocycles. The lowest BCUT2D eigenvalue weighted by Gasteiger charge is -2.19. The van der Waals surface area contributed by atoms with Crippen LogP contribution in [0.2, 0.25) is 5.02 Å². The van der Waals surface area contributed by atoms with Gasteiger partial charge in [-0.25, -0.2) is 4.79 Å². The average molecular weight is 376 g/mol. The van der Waals surface area contributed by atoms with Crippen LogP contribution < -0.4 is 5.73 Å². The second-order valence-corrected chi connectivity index (χ2v) is 5.98. The first-order chi connectivity index (χ1) is 11.7. The van der Waals surface area contributed by atoms with E-state index in [4.69, 9.17) is 17.3 Å². The number of urea groups is 1. The molecule has 2 N–H and O–H groups in total. The predicted octanol–water partition coefficient (Wildman–Crippen LogP) is 2.99. The largest absolute Gasteiger partial charge is 0.417 e. The summed E-state index contributed by atoms with van der Waals surface area (Å²) in [6.45, 7) is 1.56. The lowest BCUT2D eigenvalue weighted by atomic mass is 10.1. The van der Waals surface area contributed by atoms with Crippen molar-refractivity contribution < 1.29 is 22.8 Å². The van der Waals surface area contributed by atoms with Crippen molar-refractivity contribution in [3.05, 3.63) is 40.4 Å². The molecule has 0 bridgehead atoms. The highest BCUT2D eigenvalue weighted by Crippen LogP contribution is 2.35. The van der Waals surface area contributed by atoms with E-state index in [0.717, 1.165) is 12.1 Å². The normalized spacial score (nSPS) is 16.2. The molecular weight excluding hydrogens is 359 g/mol. The Morgan fingerprint density at radius 3 is 2.40 bits per heavy atom. The molecule has 25 heavy (non-hydrogen) atoms. The number of primary amides is 1. The smallest absolute Gasteiger partial charge is 0.351 e. The maximum Gasteiger partial charge on any atom is 0.417 e. The minimum absolute atomic E-state index is 0.221. The number of carbonyl (C=O) groups excluding carboxylic acids is 2. The summed E-state index contributed by atoms with van der Waals surface area (Å²) in [7, 11) is 0. The number of benzene rings is 1. The van der Waals surface area contributed by atoms with Crippen molar-refractivity contribution in [2.24, 2.45) is 5.73 Å². The van der Waals surface area contributed by atoms with E-state index in [9.17, 15) is 22.8 Å². The van der Waals surface area contributed by atoms with E-state index in [1.54, 1.807) is 0 Å². The first kappa shape index (κ1) is 19.1. The van der Waals surface area contributed by atoms with Gasteiger partial charge in [-0.3, -0.25) is 4.79 Å². The molecule has 1 saturated heterocycles. The molecule has 2 rings (SSSR count). The van der Waals surface area contributed by atoms with Crippen LogP contribution in [0.15, 0.2) is 24.3 Å². The number of hydrogen-bond donors (Lipinski definition) is 1. The summed E-state index contributed by atoms with van der Waals surface area (Å²) in [5, 5.41) is -0.393. The third kappa shape index (κ3) is 5.12. The highest BCUT2D eigenvalue weighted by molar-refractivity contribution is 6.31. The third-order valence-corrected chi connectivity index (χ3v) is 4.16. The van der Waals surface area contributed by atoms with Crippen LogP contribution in [0.1, 0.15) is 17.5 Å². The lowest BCUT2D eigenvalue weighted by molar-refractivity contribution is -0.137. The molecule has 0 spiro atoms. The van der Waals surface area contributed by atoms with Gasteiger partial charge in [0.1, 0.15) is 0 Å². The third-order valence-electron chi connectivity index (χ3n) is 3.83. The fourth-order valence-corrected chi connectivity index (χ4v) is 2.72. The fraction of sp³-hybridized carbons (Fsp3) is 0.375. The number of alkyl halides is 3. The Morgan fingerprint density at radius 1 is 1.12 bits per heavy atom. The molecule has 1 fully saturated rings. The minimum Gasteiger partial charge on any atom is -0.351 e. The molecule has 0 saturated carbocycles. The van der Waals surface area contributed by atoms with Gasteiger partial charge < -0.3 is 15.5 Å². The van der Waals surface area contributed by atoms with Crippen LogP contribution in [0.3, 0.4) is 0 Å². The Bertz CT molecular complexity index is 692. The van der Waals surface area contributed by atoms with Crippen LogP contribution in [-0.2, 0) is 11.0 Å². The number of halogens is 4. The lowest BCUT2D eigenvalue weighted by Crippen LogP contribution is -2.39. The van der Waals surface area contributed by atoms with E-state index in [1.165, 1.54) is 28.0 Å². The Morgan fingerprint density at radius 2 is 1.76 bits per heavy atom. The molecule has 3 amide bonds. The van der Waals surface area contributed by atoms with Crippen molar-refractivity contribution in [3.8, 4) is 0 Å². The highest BCUT2D eigenvalue weighted by atomic mass is 35.5. The van der Waals surface area contributed by atoms with Crippen LogP contribution in [0.5, 0.6) is 0 Å². The van der Waals surface area contributed by atoms with Gasteiger partial charge in [0.2, 0.25) is 5.91 Å². The average Bonchev–Trinajstić information content (AvgIpc) is 2.79. The number of amides is 3. The Kier molecular flexibility index (Phi) is 5.94. The van der Waals surface area contributed by atoms with Gasteiger partial charge in [0.25, 0.3) is 0 Å². The van der Waals surface area contributed by atoms with Crippen molar-refractivity contribution in [1.29, 1.82) is 0 Å². The van der Waals surface area contributed by atoms with Crippen molar-refractivity contribution in [1.82, 2.24) is 9.80 Å². The molecule has 0 atom stereocenters. The summed E-state index contributed by atoms with van der Waals surface area (Å²) in [6.07, 6.45) is -1.45. The monoisotopic (exact) mass is 375 g/mol. The second kappa shape index (κ2) is 7.77. The van der Waals surface area contributed by atoms with Gasteiger partial charge in [-0.1, -0.05) is 17.7 Å². The van der Waals surface area contributed by atoms with E-state index < -0.39 is 22.8 Å². The van der Waals surface area contributed by atoms with Gasteiger partial charge in [-0.15, -0.1) is 0 Å². The van der Waals surface area contributed by atoms with Crippen LogP contribution in [0, 0.1) is 0 Å². The van der Waals surface area contributed by atoms with E-state index in [-0.39, 0.29) is 11.5 Å². The van der Waals surface area contributed by atoms with Gasteiger partial charge in [-0.2, -0.15) is 13.2 Å². The molecular formula is C16H17ClF3N3O2. The van der Waals surface area contributed by atoms with Crippen molar-refractivity contribution in [2.75, 3.05) is 26.2 Å². The Balaban J connectivity index is 2.06. The molecule has 0 aliphatic carbocycles. The maximum atomic E-state index is 12.8.